The molecule has 0 aromatic carbocycles. The molecule has 0 saturated heterocycles. The van der Waals surface area contributed by atoms with E-state index in [1.807, 2.05) is 0 Å². The first-order valence-corrected chi connectivity index (χ1v) is 4.64. The van der Waals surface area contributed by atoms with Gasteiger partial charge in [-0.25, -0.2) is 4.79 Å². The Morgan fingerprint density at radius 3 is 1.90 bits per heavy atom. The third kappa shape index (κ3) is 52.2. The Labute approximate surface area is 63.2 Å². The first kappa shape index (κ1) is 12.1. The first-order valence-electron chi connectivity index (χ1n) is 2.68. The first-order chi connectivity index (χ1) is 4.50. The zero-order valence-electron chi connectivity index (χ0n) is 6.42. The summed E-state index contributed by atoms with van der Waals surface area (Å²) in [5.74, 6) is 0. The van der Waals surface area contributed by atoms with Crippen molar-refractivity contribution in [2.24, 2.45) is 5.73 Å². The van der Waals surface area contributed by atoms with E-state index < -0.39 is 16.9 Å². The molecule has 10 heavy (non-hydrogen) atoms. The van der Waals surface area contributed by atoms with Crippen LogP contribution in [-0.4, -0.2) is 29.4 Å². The number of nitrogens with two attached hydrogens (primary N) is 1. The van der Waals surface area contributed by atoms with Gasteiger partial charge in [0.15, 0.2) is 0 Å². The molecule has 0 atom stereocenters. The number of hydrogen-bond acceptors (Lipinski definition) is 3. The number of hydrogen-bond donors (Lipinski definition) is 1. The van der Waals surface area contributed by atoms with Crippen LogP contribution in [0.2, 0.25) is 0 Å². The second-order valence-corrected chi connectivity index (χ2v) is 2.98. The highest BCUT2D eigenvalue weighted by Gasteiger charge is 1.82. The minimum Gasteiger partial charge on any atom is -0.450 e. The molecule has 0 radical (unpaired) electrons. The van der Waals surface area contributed by atoms with Crippen molar-refractivity contribution >= 4 is 16.9 Å². The van der Waals surface area contributed by atoms with E-state index in [0.717, 1.165) is 0 Å². The molecule has 62 valence electrons. The summed E-state index contributed by atoms with van der Waals surface area (Å²) in [6.45, 7) is 2.06. The predicted octanol–water partition coefficient (Wildman–Crippen LogP) is 0.0963. The molecule has 1 amide bonds. The minimum absolute atomic E-state index is 0.356. The highest BCUT2D eigenvalue weighted by molar-refractivity contribution is 7.83. The summed E-state index contributed by atoms with van der Waals surface area (Å²) in [4.78, 5) is 9.60. The lowest BCUT2D eigenvalue weighted by Crippen LogP contribution is -2.11. The SMILES string of the molecule is CCOC(N)=O.CS(C)=O. The van der Waals surface area contributed by atoms with E-state index in [2.05, 4.69) is 10.5 Å². The second-order valence-electron chi connectivity index (χ2n) is 1.49. The predicted molar refractivity (Wildman–Crippen MR) is 41.2 cm³/mol. The minimum atomic E-state index is -0.711. The molecule has 0 aromatic heterocycles. The number of carbonyl (C=O) groups excluding carboxylic acids is 1. The van der Waals surface area contributed by atoms with Gasteiger partial charge in [-0.2, -0.15) is 0 Å². The summed E-state index contributed by atoms with van der Waals surface area (Å²) in [6, 6.07) is 0. The van der Waals surface area contributed by atoms with Crippen molar-refractivity contribution in [2.45, 2.75) is 6.92 Å². The average molecular weight is 167 g/mol. The van der Waals surface area contributed by atoms with Crippen LogP contribution in [0.15, 0.2) is 0 Å². The molecular weight excluding hydrogens is 154 g/mol. The number of carbonyl (C=O) groups is 1. The smallest absolute Gasteiger partial charge is 0.404 e. The second kappa shape index (κ2) is 8.42. The molecule has 0 spiro atoms. The van der Waals surface area contributed by atoms with Gasteiger partial charge in [-0.15, -0.1) is 0 Å². The van der Waals surface area contributed by atoms with Crippen LogP contribution in [0.5, 0.6) is 0 Å². The van der Waals surface area contributed by atoms with Crippen molar-refractivity contribution in [2.75, 3.05) is 19.1 Å². The zero-order valence-corrected chi connectivity index (χ0v) is 7.23. The van der Waals surface area contributed by atoms with Gasteiger partial charge in [-0.05, 0) is 6.92 Å². The van der Waals surface area contributed by atoms with E-state index in [0.29, 0.717) is 6.61 Å². The lowest BCUT2D eigenvalue weighted by atomic mass is 10.9. The van der Waals surface area contributed by atoms with E-state index in [4.69, 9.17) is 0 Å². The standard InChI is InChI=1S/C3H7NO2.C2H6OS/c1-2-6-3(4)5;1-4(2)3/h2H2,1H3,(H2,4,5);1-2H3. The Bertz CT molecular complexity index is 111. The summed E-state index contributed by atoms with van der Waals surface area (Å²) in [5.41, 5.74) is 4.54. The fourth-order valence-corrected chi connectivity index (χ4v) is 0.142. The molecule has 0 fully saturated rings. The largest absolute Gasteiger partial charge is 0.450 e. The molecule has 4 nitrogen and oxygen atoms in total. The van der Waals surface area contributed by atoms with Crippen molar-refractivity contribution in [3.05, 3.63) is 0 Å². The average Bonchev–Trinajstić information content (AvgIpc) is 1.62. The number of ether oxygens (including phenoxy) is 1. The zero-order chi connectivity index (χ0) is 8.57. The van der Waals surface area contributed by atoms with Gasteiger partial charge in [0.25, 0.3) is 0 Å². The Morgan fingerprint density at radius 2 is 1.90 bits per heavy atom. The summed E-state index contributed by atoms with van der Waals surface area (Å²) >= 11 is 0. The van der Waals surface area contributed by atoms with Crippen molar-refractivity contribution in [1.82, 2.24) is 0 Å². The molecule has 2 N–H and O–H groups in total. The van der Waals surface area contributed by atoms with Crippen molar-refractivity contribution in [3.8, 4) is 0 Å². The lowest BCUT2D eigenvalue weighted by molar-refractivity contribution is 0.163. The summed E-state index contributed by atoms with van der Waals surface area (Å²) in [6.07, 6.45) is 2.57. The summed E-state index contributed by atoms with van der Waals surface area (Å²) in [5, 5.41) is 0. The maximum absolute atomic E-state index is 9.60. The van der Waals surface area contributed by atoms with Gasteiger partial charge in [0.05, 0.1) is 6.61 Å². The van der Waals surface area contributed by atoms with Gasteiger partial charge >= 0.3 is 6.09 Å². The van der Waals surface area contributed by atoms with Crippen molar-refractivity contribution in [3.63, 3.8) is 0 Å². The number of rotatable bonds is 1. The number of amides is 1. The molecule has 0 rings (SSSR count). The molecule has 0 aliphatic heterocycles. The molecule has 0 aliphatic rings. The third-order valence-corrected chi connectivity index (χ3v) is 0.287. The summed E-state index contributed by atoms with van der Waals surface area (Å²) < 4.78 is 13.7. The van der Waals surface area contributed by atoms with Crippen molar-refractivity contribution in [1.29, 1.82) is 0 Å². The fourth-order valence-electron chi connectivity index (χ4n) is 0.142. The Hall–Kier alpha value is -0.580. The fraction of sp³-hybridized carbons (Fsp3) is 0.800. The molecule has 0 bridgehead atoms. The van der Waals surface area contributed by atoms with Gasteiger partial charge in [0, 0.05) is 23.3 Å². The summed E-state index contributed by atoms with van der Waals surface area (Å²) in [7, 11) is -0.611. The third-order valence-electron chi connectivity index (χ3n) is 0.287. The van der Waals surface area contributed by atoms with Crippen LogP contribution in [0.3, 0.4) is 0 Å². The normalized spacial score (nSPS) is 8.00. The highest BCUT2D eigenvalue weighted by Crippen LogP contribution is 1.66. The maximum Gasteiger partial charge on any atom is 0.404 e. The topological polar surface area (TPSA) is 69.4 Å². The van der Waals surface area contributed by atoms with Crippen LogP contribution in [0.25, 0.3) is 0 Å². The Kier molecular flexibility index (Phi) is 10.2. The molecular formula is C5H13NO3S. The monoisotopic (exact) mass is 167 g/mol. The molecule has 0 heterocycles. The van der Waals surface area contributed by atoms with Crippen molar-refractivity contribution < 1.29 is 13.7 Å². The van der Waals surface area contributed by atoms with Crippen LogP contribution >= 0.6 is 0 Å². The number of primary amides is 1. The quantitative estimate of drug-likeness (QED) is 0.602. The molecule has 5 heteroatoms. The van der Waals surface area contributed by atoms with Crippen LogP contribution < -0.4 is 5.73 Å². The van der Waals surface area contributed by atoms with Gasteiger partial charge in [0.2, 0.25) is 0 Å². The van der Waals surface area contributed by atoms with Gasteiger partial charge < -0.3 is 10.5 Å². The van der Waals surface area contributed by atoms with Gasteiger partial charge in [0.1, 0.15) is 0 Å². The Morgan fingerprint density at radius 1 is 1.60 bits per heavy atom. The van der Waals surface area contributed by atoms with Crippen LogP contribution in [-0.2, 0) is 15.5 Å². The molecule has 0 unspecified atom stereocenters. The van der Waals surface area contributed by atoms with E-state index in [-0.39, 0.29) is 0 Å². The van der Waals surface area contributed by atoms with Crippen LogP contribution in [0.1, 0.15) is 6.92 Å². The van der Waals surface area contributed by atoms with Crippen LogP contribution in [0, 0.1) is 0 Å². The Balaban J connectivity index is 0. The highest BCUT2D eigenvalue weighted by atomic mass is 32.2. The lowest BCUT2D eigenvalue weighted by Gasteiger charge is -1.89. The van der Waals surface area contributed by atoms with Crippen LogP contribution in [0.4, 0.5) is 4.79 Å². The molecule has 0 aromatic rings. The maximum atomic E-state index is 9.60. The molecule has 0 aliphatic carbocycles. The van der Waals surface area contributed by atoms with E-state index in [1.165, 1.54) is 0 Å². The van der Waals surface area contributed by atoms with E-state index in [1.54, 1.807) is 19.4 Å². The van der Waals surface area contributed by atoms with Gasteiger partial charge in [-0.3, -0.25) is 4.21 Å². The van der Waals surface area contributed by atoms with E-state index >= 15 is 0 Å². The molecule has 0 saturated carbocycles. The van der Waals surface area contributed by atoms with Gasteiger partial charge in [-0.1, -0.05) is 0 Å². The van der Waals surface area contributed by atoms with E-state index in [9.17, 15) is 9.00 Å².